The Labute approximate surface area is 110 Å². The summed E-state index contributed by atoms with van der Waals surface area (Å²) in [7, 11) is 0. The Morgan fingerprint density at radius 3 is 2.58 bits per heavy atom. The van der Waals surface area contributed by atoms with Gasteiger partial charge < -0.3 is 9.64 Å². The third-order valence-corrected chi connectivity index (χ3v) is 4.03. The van der Waals surface area contributed by atoms with E-state index in [0.717, 1.165) is 5.56 Å². The molecule has 1 heterocycles. The van der Waals surface area contributed by atoms with E-state index in [9.17, 15) is 13.6 Å². The summed E-state index contributed by atoms with van der Waals surface area (Å²) in [5, 5.41) is 0. The molecule has 0 N–H and O–H groups in total. The SMILES string of the molecule is O=C(OCc1ccccc1)N1CC[C@@]2(C1)CC2(F)F. The molecule has 0 aromatic heterocycles. The molecule has 1 amide bonds. The lowest BCUT2D eigenvalue weighted by Gasteiger charge is -2.16. The number of carbonyl (C=O) groups excluding carboxylic acids is 1. The second-order valence-electron chi connectivity index (χ2n) is 5.37. The number of likely N-dealkylation sites (tertiary alicyclic amines) is 1. The number of nitrogens with zero attached hydrogens (tertiary/aromatic N) is 1. The lowest BCUT2D eigenvalue weighted by atomic mass is 10.1. The number of ether oxygens (including phenoxy) is 1. The number of amides is 1. The van der Waals surface area contributed by atoms with E-state index in [2.05, 4.69) is 0 Å². The zero-order chi connectivity index (χ0) is 13.5. The summed E-state index contributed by atoms with van der Waals surface area (Å²) < 4.78 is 31.5. The van der Waals surface area contributed by atoms with Gasteiger partial charge in [-0.2, -0.15) is 0 Å². The standard InChI is InChI=1S/C14H15F2NO2/c15-14(16)9-13(14)6-7-17(10-13)12(18)19-8-11-4-2-1-3-5-11/h1-5H,6-10H2/t13-/m0/s1. The molecular weight excluding hydrogens is 252 g/mol. The van der Waals surface area contributed by atoms with Crippen LogP contribution >= 0.6 is 0 Å². The van der Waals surface area contributed by atoms with E-state index >= 15 is 0 Å². The average molecular weight is 267 g/mol. The molecule has 0 radical (unpaired) electrons. The highest BCUT2D eigenvalue weighted by Crippen LogP contribution is 2.65. The number of hydrogen-bond donors (Lipinski definition) is 0. The fraction of sp³-hybridized carbons (Fsp3) is 0.500. The first kappa shape index (κ1) is 12.4. The molecule has 1 atom stereocenters. The zero-order valence-electron chi connectivity index (χ0n) is 10.4. The Morgan fingerprint density at radius 2 is 2.00 bits per heavy atom. The molecule has 1 spiro atoms. The molecule has 0 bridgehead atoms. The maximum Gasteiger partial charge on any atom is 0.410 e. The van der Waals surface area contributed by atoms with Crippen LogP contribution in [0.15, 0.2) is 30.3 Å². The van der Waals surface area contributed by atoms with Crippen molar-refractivity contribution in [1.82, 2.24) is 4.90 Å². The van der Waals surface area contributed by atoms with Gasteiger partial charge in [-0.3, -0.25) is 0 Å². The van der Waals surface area contributed by atoms with Gasteiger partial charge in [-0.25, -0.2) is 13.6 Å². The lowest BCUT2D eigenvalue weighted by Crippen LogP contribution is -2.30. The van der Waals surface area contributed by atoms with Gasteiger partial charge in [-0.05, 0) is 12.0 Å². The predicted molar refractivity (Wildman–Crippen MR) is 64.8 cm³/mol. The first-order valence-electron chi connectivity index (χ1n) is 6.36. The molecule has 19 heavy (non-hydrogen) atoms. The second-order valence-corrected chi connectivity index (χ2v) is 5.37. The van der Waals surface area contributed by atoms with Crippen molar-refractivity contribution in [1.29, 1.82) is 0 Å². The Bertz CT molecular complexity index is 491. The molecule has 3 nitrogen and oxygen atoms in total. The van der Waals surface area contributed by atoms with Gasteiger partial charge in [-0.15, -0.1) is 0 Å². The Morgan fingerprint density at radius 1 is 1.32 bits per heavy atom. The van der Waals surface area contributed by atoms with Crippen LogP contribution in [0, 0.1) is 5.41 Å². The Hall–Kier alpha value is -1.65. The van der Waals surface area contributed by atoms with Gasteiger partial charge in [0.1, 0.15) is 6.61 Å². The minimum atomic E-state index is -2.60. The van der Waals surface area contributed by atoms with E-state index in [1.54, 1.807) is 0 Å². The number of benzene rings is 1. The maximum atomic E-state index is 13.2. The number of carbonyl (C=O) groups is 1. The molecule has 1 aromatic carbocycles. The third-order valence-electron chi connectivity index (χ3n) is 4.03. The normalized spacial score (nSPS) is 27.6. The summed E-state index contributed by atoms with van der Waals surface area (Å²) in [5.41, 5.74) is -0.0693. The van der Waals surface area contributed by atoms with Gasteiger partial charge >= 0.3 is 6.09 Å². The van der Waals surface area contributed by atoms with Crippen LogP contribution in [0.3, 0.4) is 0 Å². The van der Waals surface area contributed by atoms with Crippen LogP contribution in [0.1, 0.15) is 18.4 Å². The monoisotopic (exact) mass is 267 g/mol. The molecule has 1 aliphatic heterocycles. The smallest absolute Gasteiger partial charge is 0.410 e. The molecule has 3 rings (SSSR count). The van der Waals surface area contributed by atoms with Crippen molar-refractivity contribution in [3.05, 3.63) is 35.9 Å². The summed E-state index contributed by atoms with van der Waals surface area (Å²) in [6.07, 6.45) is -0.216. The summed E-state index contributed by atoms with van der Waals surface area (Å²) in [5.74, 6) is -2.60. The molecule has 102 valence electrons. The molecule has 1 saturated heterocycles. The van der Waals surface area contributed by atoms with Crippen molar-refractivity contribution in [2.24, 2.45) is 5.41 Å². The van der Waals surface area contributed by atoms with Crippen molar-refractivity contribution < 1.29 is 18.3 Å². The molecule has 0 unspecified atom stereocenters. The van der Waals surface area contributed by atoms with Gasteiger partial charge in [0.05, 0.1) is 5.41 Å². The van der Waals surface area contributed by atoms with Crippen LogP contribution in [0.2, 0.25) is 0 Å². The molecule has 1 aromatic rings. The Balaban J connectivity index is 1.52. The second kappa shape index (κ2) is 4.18. The summed E-state index contributed by atoms with van der Waals surface area (Å²) >= 11 is 0. The van der Waals surface area contributed by atoms with E-state index in [1.165, 1.54) is 4.90 Å². The number of hydrogen-bond acceptors (Lipinski definition) is 2. The van der Waals surface area contributed by atoms with Crippen molar-refractivity contribution in [2.75, 3.05) is 13.1 Å². The van der Waals surface area contributed by atoms with E-state index < -0.39 is 17.4 Å². The van der Waals surface area contributed by atoms with Crippen LogP contribution in [-0.4, -0.2) is 30.0 Å². The van der Waals surface area contributed by atoms with Crippen molar-refractivity contribution in [3.63, 3.8) is 0 Å². The van der Waals surface area contributed by atoms with Crippen LogP contribution in [0.5, 0.6) is 0 Å². The number of rotatable bonds is 2. The number of alkyl halides is 2. The highest BCUT2D eigenvalue weighted by molar-refractivity contribution is 5.68. The lowest BCUT2D eigenvalue weighted by molar-refractivity contribution is 0.0630. The maximum absolute atomic E-state index is 13.2. The van der Waals surface area contributed by atoms with Crippen molar-refractivity contribution in [2.45, 2.75) is 25.4 Å². The van der Waals surface area contributed by atoms with Gasteiger partial charge in [0, 0.05) is 19.5 Å². The first-order chi connectivity index (χ1) is 9.02. The van der Waals surface area contributed by atoms with Crippen molar-refractivity contribution >= 4 is 6.09 Å². The molecule has 1 saturated carbocycles. The molecule has 1 aliphatic carbocycles. The quantitative estimate of drug-likeness (QED) is 0.824. The average Bonchev–Trinajstić information content (AvgIpc) is 2.75. The number of halogens is 2. The van der Waals surface area contributed by atoms with Gasteiger partial charge in [-0.1, -0.05) is 30.3 Å². The van der Waals surface area contributed by atoms with E-state index in [4.69, 9.17) is 4.74 Å². The third kappa shape index (κ3) is 2.17. The fourth-order valence-electron chi connectivity index (χ4n) is 2.66. The first-order valence-corrected chi connectivity index (χ1v) is 6.36. The van der Waals surface area contributed by atoms with Crippen molar-refractivity contribution in [3.8, 4) is 0 Å². The van der Waals surface area contributed by atoms with Gasteiger partial charge in [0.2, 0.25) is 0 Å². The van der Waals surface area contributed by atoms with Gasteiger partial charge in [0.25, 0.3) is 5.92 Å². The van der Waals surface area contributed by atoms with Gasteiger partial charge in [0.15, 0.2) is 0 Å². The van der Waals surface area contributed by atoms with Crippen LogP contribution < -0.4 is 0 Å². The molecule has 2 fully saturated rings. The van der Waals surface area contributed by atoms with E-state index in [-0.39, 0.29) is 19.6 Å². The van der Waals surface area contributed by atoms with Crippen LogP contribution in [-0.2, 0) is 11.3 Å². The fourth-order valence-corrected chi connectivity index (χ4v) is 2.66. The summed E-state index contributed by atoms with van der Waals surface area (Å²) in [4.78, 5) is 13.2. The minimum Gasteiger partial charge on any atom is -0.445 e. The topological polar surface area (TPSA) is 29.5 Å². The predicted octanol–water partition coefficient (Wildman–Crippen LogP) is 3.05. The highest BCUT2D eigenvalue weighted by Gasteiger charge is 2.73. The summed E-state index contributed by atoms with van der Waals surface area (Å²) in [6, 6.07) is 9.31. The minimum absolute atomic E-state index is 0.0948. The zero-order valence-corrected chi connectivity index (χ0v) is 10.4. The van der Waals surface area contributed by atoms with Crippen LogP contribution in [0.25, 0.3) is 0 Å². The van der Waals surface area contributed by atoms with Crippen LogP contribution in [0.4, 0.5) is 13.6 Å². The Kier molecular flexibility index (Phi) is 2.73. The molecule has 2 aliphatic rings. The molecule has 5 heteroatoms. The summed E-state index contributed by atoms with van der Waals surface area (Å²) in [6.45, 7) is 0.663. The van der Waals surface area contributed by atoms with E-state index in [1.807, 2.05) is 30.3 Å². The highest BCUT2D eigenvalue weighted by atomic mass is 19.3. The largest absolute Gasteiger partial charge is 0.445 e. The molecular formula is C14H15F2NO2. The van der Waals surface area contributed by atoms with E-state index in [0.29, 0.717) is 13.0 Å².